The third kappa shape index (κ3) is 1.04. The molecule has 0 aromatic rings. The van der Waals surface area contributed by atoms with Gasteiger partial charge in [-0.25, -0.2) is 0 Å². The highest BCUT2D eigenvalue weighted by atomic mass is 16.5. The van der Waals surface area contributed by atoms with Crippen molar-refractivity contribution in [2.24, 2.45) is 11.8 Å². The fraction of sp³-hybridized carbons (Fsp3) is 1.00. The van der Waals surface area contributed by atoms with Crippen LogP contribution in [0.1, 0.15) is 38.5 Å². The first-order chi connectivity index (χ1) is 6.89. The summed E-state index contributed by atoms with van der Waals surface area (Å²) in [6.07, 6.45) is 8.44. The number of methoxy groups -OCH3 is 1. The SMILES string of the molecule is COC1(N2CCCCC2)C2CCCC21. The Morgan fingerprint density at radius 3 is 2.21 bits per heavy atom. The number of likely N-dealkylation sites (tertiary alicyclic amines) is 1. The van der Waals surface area contributed by atoms with Crippen LogP contribution in [0.2, 0.25) is 0 Å². The number of hydrogen-bond donors (Lipinski definition) is 0. The van der Waals surface area contributed by atoms with Crippen LogP contribution < -0.4 is 0 Å². The predicted molar refractivity (Wildman–Crippen MR) is 56.0 cm³/mol. The third-order valence-corrected chi connectivity index (χ3v) is 4.65. The molecule has 1 heterocycles. The van der Waals surface area contributed by atoms with Crippen LogP contribution >= 0.6 is 0 Å². The first kappa shape index (κ1) is 9.17. The van der Waals surface area contributed by atoms with Gasteiger partial charge in [-0.1, -0.05) is 12.8 Å². The Balaban J connectivity index is 1.74. The molecule has 0 radical (unpaired) electrons. The number of nitrogens with zero attached hydrogens (tertiary/aromatic N) is 1. The van der Waals surface area contributed by atoms with Gasteiger partial charge in [0.2, 0.25) is 0 Å². The van der Waals surface area contributed by atoms with Crippen molar-refractivity contribution in [1.29, 1.82) is 0 Å². The number of ether oxygens (including phenoxy) is 1. The van der Waals surface area contributed by atoms with Gasteiger partial charge >= 0.3 is 0 Å². The van der Waals surface area contributed by atoms with Gasteiger partial charge in [0, 0.05) is 32.0 Å². The second-order valence-corrected chi connectivity index (χ2v) is 5.15. The molecule has 3 fully saturated rings. The molecule has 2 atom stereocenters. The van der Waals surface area contributed by atoms with E-state index < -0.39 is 0 Å². The molecule has 1 aliphatic heterocycles. The van der Waals surface area contributed by atoms with Crippen molar-refractivity contribution < 1.29 is 4.74 Å². The van der Waals surface area contributed by atoms with Crippen LogP contribution in [0.15, 0.2) is 0 Å². The molecular formula is C12H21NO. The predicted octanol–water partition coefficient (Wildman–Crippen LogP) is 2.24. The van der Waals surface area contributed by atoms with Crippen molar-refractivity contribution in [1.82, 2.24) is 4.90 Å². The largest absolute Gasteiger partial charge is 0.363 e. The molecular weight excluding hydrogens is 174 g/mol. The molecule has 0 bridgehead atoms. The molecule has 1 saturated heterocycles. The Kier molecular flexibility index (Phi) is 2.10. The summed E-state index contributed by atoms with van der Waals surface area (Å²) in [6.45, 7) is 2.56. The summed E-state index contributed by atoms with van der Waals surface area (Å²) in [4.78, 5) is 2.64. The standard InChI is InChI=1S/C12H21NO/c1-14-12(10-6-5-7-11(10)12)13-8-3-2-4-9-13/h10-11H,2-9H2,1H3. The molecule has 2 nitrogen and oxygen atoms in total. The van der Waals surface area contributed by atoms with Gasteiger partial charge in [0.1, 0.15) is 5.72 Å². The topological polar surface area (TPSA) is 12.5 Å². The molecule has 3 aliphatic rings. The maximum atomic E-state index is 5.88. The Labute approximate surface area is 86.6 Å². The normalized spacial score (nSPS) is 47.8. The molecule has 0 aromatic heterocycles. The number of hydrogen-bond acceptors (Lipinski definition) is 2. The fourth-order valence-electron chi connectivity index (χ4n) is 4.01. The van der Waals surface area contributed by atoms with E-state index in [4.69, 9.17) is 4.74 Å². The van der Waals surface area contributed by atoms with Crippen molar-refractivity contribution in [3.63, 3.8) is 0 Å². The molecule has 3 rings (SSSR count). The van der Waals surface area contributed by atoms with Crippen molar-refractivity contribution in [3.05, 3.63) is 0 Å². The number of fused-ring (bicyclic) bond motifs is 1. The van der Waals surface area contributed by atoms with Crippen LogP contribution in [0, 0.1) is 11.8 Å². The van der Waals surface area contributed by atoms with Gasteiger partial charge in [-0.15, -0.1) is 0 Å². The minimum absolute atomic E-state index is 0.207. The highest BCUT2D eigenvalue weighted by molar-refractivity contribution is 5.15. The van der Waals surface area contributed by atoms with E-state index in [0.29, 0.717) is 0 Å². The zero-order valence-electron chi connectivity index (χ0n) is 9.17. The Morgan fingerprint density at radius 1 is 1.00 bits per heavy atom. The van der Waals surface area contributed by atoms with Gasteiger partial charge in [-0.2, -0.15) is 0 Å². The zero-order valence-corrected chi connectivity index (χ0v) is 9.17. The lowest BCUT2D eigenvalue weighted by atomic mass is 10.1. The average Bonchev–Trinajstić information content (AvgIpc) is 2.62. The second-order valence-electron chi connectivity index (χ2n) is 5.15. The van der Waals surface area contributed by atoms with E-state index in [0.717, 1.165) is 11.8 Å². The van der Waals surface area contributed by atoms with Gasteiger partial charge in [0.15, 0.2) is 0 Å². The van der Waals surface area contributed by atoms with Crippen LogP contribution in [-0.4, -0.2) is 30.8 Å². The van der Waals surface area contributed by atoms with E-state index in [1.807, 2.05) is 7.11 Å². The van der Waals surface area contributed by atoms with Crippen molar-refractivity contribution in [3.8, 4) is 0 Å². The second kappa shape index (κ2) is 3.21. The first-order valence-corrected chi connectivity index (χ1v) is 6.20. The van der Waals surface area contributed by atoms with E-state index in [9.17, 15) is 0 Å². The first-order valence-electron chi connectivity index (χ1n) is 6.20. The summed E-state index contributed by atoms with van der Waals surface area (Å²) < 4.78 is 5.88. The van der Waals surface area contributed by atoms with Gasteiger partial charge < -0.3 is 4.74 Å². The molecule has 2 aliphatic carbocycles. The van der Waals surface area contributed by atoms with E-state index in [1.54, 1.807) is 0 Å². The van der Waals surface area contributed by atoms with Gasteiger partial charge in [-0.3, -0.25) is 4.90 Å². The average molecular weight is 195 g/mol. The quantitative estimate of drug-likeness (QED) is 0.670. The highest BCUT2D eigenvalue weighted by Crippen LogP contribution is 2.64. The minimum Gasteiger partial charge on any atom is -0.363 e. The third-order valence-electron chi connectivity index (χ3n) is 4.65. The van der Waals surface area contributed by atoms with E-state index in [1.165, 1.54) is 51.6 Å². The van der Waals surface area contributed by atoms with Crippen LogP contribution in [0.3, 0.4) is 0 Å². The van der Waals surface area contributed by atoms with E-state index >= 15 is 0 Å². The molecule has 14 heavy (non-hydrogen) atoms. The van der Waals surface area contributed by atoms with Gasteiger partial charge in [0.05, 0.1) is 0 Å². The van der Waals surface area contributed by atoms with Gasteiger partial charge in [-0.05, 0) is 25.7 Å². The Hall–Kier alpha value is -0.0800. The molecule has 0 amide bonds. The molecule has 0 aromatic carbocycles. The molecule has 2 saturated carbocycles. The number of rotatable bonds is 2. The summed E-state index contributed by atoms with van der Waals surface area (Å²) in [5, 5.41) is 0. The summed E-state index contributed by atoms with van der Waals surface area (Å²) >= 11 is 0. The van der Waals surface area contributed by atoms with Crippen molar-refractivity contribution in [2.45, 2.75) is 44.2 Å². The molecule has 0 N–H and O–H groups in total. The lowest BCUT2D eigenvalue weighted by Gasteiger charge is -2.36. The van der Waals surface area contributed by atoms with E-state index in [-0.39, 0.29) is 5.72 Å². The van der Waals surface area contributed by atoms with Crippen LogP contribution in [0.4, 0.5) is 0 Å². The minimum atomic E-state index is 0.207. The zero-order chi connectivity index (χ0) is 9.60. The number of piperidine rings is 1. The molecule has 0 spiro atoms. The molecule has 2 unspecified atom stereocenters. The summed E-state index contributed by atoms with van der Waals surface area (Å²) in [5.41, 5.74) is 0.207. The monoisotopic (exact) mass is 195 g/mol. The highest BCUT2D eigenvalue weighted by Gasteiger charge is 2.69. The van der Waals surface area contributed by atoms with Crippen molar-refractivity contribution in [2.75, 3.05) is 20.2 Å². The van der Waals surface area contributed by atoms with Crippen LogP contribution in [0.25, 0.3) is 0 Å². The Bertz CT molecular complexity index is 212. The van der Waals surface area contributed by atoms with Crippen molar-refractivity contribution >= 4 is 0 Å². The van der Waals surface area contributed by atoms with Gasteiger partial charge in [0.25, 0.3) is 0 Å². The van der Waals surface area contributed by atoms with E-state index in [2.05, 4.69) is 4.90 Å². The lowest BCUT2D eigenvalue weighted by Crippen LogP contribution is -2.45. The Morgan fingerprint density at radius 2 is 1.64 bits per heavy atom. The molecule has 80 valence electrons. The lowest BCUT2D eigenvalue weighted by molar-refractivity contribution is -0.0916. The molecule has 2 heteroatoms. The summed E-state index contributed by atoms with van der Waals surface area (Å²) in [5.74, 6) is 1.76. The van der Waals surface area contributed by atoms with Crippen LogP contribution in [0.5, 0.6) is 0 Å². The maximum absolute atomic E-state index is 5.88. The summed E-state index contributed by atoms with van der Waals surface area (Å²) in [6, 6.07) is 0. The summed E-state index contributed by atoms with van der Waals surface area (Å²) in [7, 11) is 1.92. The smallest absolute Gasteiger partial charge is 0.127 e. The maximum Gasteiger partial charge on any atom is 0.127 e. The fourth-order valence-corrected chi connectivity index (χ4v) is 4.01. The van der Waals surface area contributed by atoms with Crippen LogP contribution in [-0.2, 0) is 4.74 Å².